The van der Waals surface area contributed by atoms with E-state index in [-0.39, 0.29) is 0 Å². The smallest absolute Gasteiger partial charge is 0.0574 e. The van der Waals surface area contributed by atoms with Gasteiger partial charge in [0.05, 0.1) is 11.7 Å². The van der Waals surface area contributed by atoms with Crippen molar-refractivity contribution in [2.45, 2.75) is 39.5 Å². The van der Waals surface area contributed by atoms with Gasteiger partial charge in [-0.2, -0.15) is 10.0 Å². The highest BCUT2D eigenvalue weighted by Crippen LogP contribution is 2.80. The number of nitrogens with one attached hydrogen (secondary N) is 3. The van der Waals surface area contributed by atoms with Crippen LogP contribution in [0, 0.1) is 11.8 Å². The molecule has 5 aliphatic heterocycles. The van der Waals surface area contributed by atoms with Crippen LogP contribution in [0.5, 0.6) is 0 Å². The van der Waals surface area contributed by atoms with Crippen molar-refractivity contribution in [1.82, 2.24) is 16.0 Å². The first kappa shape index (κ1) is 19.5. The highest BCUT2D eigenvalue weighted by Gasteiger charge is 2.64. The van der Waals surface area contributed by atoms with Crippen molar-refractivity contribution in [2.75, 3.05) is 37.6 Å². The minimum atomic E-state index is -1.02. The second kappa shape index (κ2) is 7.54. The lowest BCUT2D eigenvalue weighted by Gasteiger charge is -2.63. The van der Waals surface area contributed by atoms with E-state index in [1.807, 2.05) is 0 Å². The average molecular weight is 447 g/mol. The van der Waals surface area contributed by atoms with Crippen molar-refractivity contribution < 1.29 is 0 Å². The van der Waals surface area contributed by atoms with Crippen LogP contribution in [-0.2, 0) is 0 Å². The molecule has 168 valence electrons. The van der Waals surface area contributed by atoms with Crippen LogP contribution in [0.4, 0.5) is 11.4 Å². The van der Waals surface area contributed by atoms with E-state index >= 15 is 0 Å². The number of benzene rings is 2. The lowest BCUT2D eigenvalue weighted by molar-refractivity contribution is 0.319. The Kier molecular flexibility index (Phi) is 4.60. The fraction of sp³-hybridized carbons (Fsp3) is 0.481. The van der Waals surface area contributed by atoms with E-state index in [2.05, 4.69) is 87.7 Å². The minimum absolute atomic E-state index is 0.531. The maximum atomic E-state index is 3.85. The number of fused-ring (bicyclic) bond motifs is 9. The van der Waals surface area contributed by atoms with E-state index < -0.39 is 10.0 Å². The predicted molar refractivity (Wildman–Crippen MR) is 135 cm³/mol. The number of allylic oxidation sites excluding steroid dienone is 1. The van der Waals surface area contributed by atoms with Gasteiger partial charge in [-0.15, -0.1) is 0 Å². The molecule has 0 aliphatic carbocycles. The van der Waals surface area contributed by atoms with Gasteiger partial charge in [-0.25, -0.2) is 0 Å². The maximum Gasteiger partial charge on any atom is 0.0574 e. The summed E-state index contributed by atoms with van der Waals surface area (Å²) in [5.74, 6) is 1.58. The molecule has 5 aliphatic rings. The van der Waals surface area contributed by atoms with Crippen LogP contribution in [0.1, 0.15) is 12.8 Å². The summed E-state index contributed by atoms with van der Waals surface area (Å²) in [5, 5.41) is 13.6. The summed E-state index contributed by atoms with van der Waals surface area (Å²) in [4.78, 5) is 4.41. The number of para-hydroxylation sites is 2. The molecule has 0 radical (unpaired) electrons. The third kappa shape index (κ3) is 2.53. The lowest BCUT2D eigenvalue weighted by Crippen LogP contribution is -2.60. The zero-order valence-electron chi connectivity index (χ0n) is 18.6. The Bertz CT molecular complexity index is 1030. The van der Waals surface area contributed by atoms with Crippen LogP contribution in [-0.4, -0.2) is 54.5 Å². The van der Waals surface area contributed by atoms with Crippen LogP contribution in [0.2, 0.25) is 0 Å². The molecule has 32 heavy (non-hydrogen) atoms. The summed E-state index contributed by atoms with van der Waals surface area (Å²) in [6.07, 6.45) is 7.46. The van der Waals surface area contributed by atoms with E-state index in [0.717, 1.165) is 47.2 Å². The van der Waals surface area contributed by atoms with Crippen LogP contribution < -0.4 is 20.9 Å². The van der Waals surface area contributed by atoms with Crippen LogP contribution in [0.25, 0.3) is 0 Å². The fourth-order valence-corrected chi connectivity index (χ4v) is 14.8. The van der Waals surface area contributed by atoms with Gasteiger partial charge >= 0.3 is 0 Å². The van der Waals surface area contributed by atoms with Gasteiger partial charge < -0.3 is 20.9 Å². The molecule has 2 aromatic carbocycles. The molecule has 0 saturated carbocycles. The fourth-order valence-electron chi connectivity index (χ4n) is 7.90. The molecule has 4 nitrogen and oxygen atoms in total. The molecule has 7 atom stereocenters. The molecular weight excluding hydrogens is 412 g/mol. The molecule has 3 fully saturated rings. The molecular formula is C27H34N4S. The molecule has 3 N–H and O–H groups in total. The third-order valence-corrected chi connectivity index (χ3v) is 14.6. The van der Waals surface area contributed by atoms with Gasteiger partial charge in [0.1, 0.15) is 0 Å². The van der Waals surface area contributed by atoms with E-state index in [0.29, 0.717) is 6.04 Å². The minimum Gasteiger partial charge on any atom is -0.390 e. The molecule has 5 heterocycles. The zero-order valence-corrected chi connectivity index (χ0v) is 19.4. The molecule has 3 saturated heterocycles. The zero-order chi connectivity index (χ0) is 21.1. The molecule has 7 rings (SSSR count). The quantitative estimate of drug-likeness (QED) is 0.623. The van der Waals surface area contributed by atoms with Gasteiger partial charge in [0.25, 0.3) is 0 Å². The third-order valence-electron chi connectivity index (χ3n) is 8.92. The van der Waals surface area contributed by atoms with E-state index in [9.17, 15) is 0 Å². The molecule has 0 amide bonds. The Balaban J connectivity index is 1.49. The number of hydrogen-bond acceptors (Lipinski definition) is 4. The Morgan fingerprint density at radius 2 is 1.59 bits per heavy atom. The van der Waals surface area contributed by atoms with E-state index in [1.54, 1.807) is 4.90 Å². The number of hydrogen-bond donors (Lipinski definition) is 3. The largest absolute Gasteiger partial charge is 0.390 e. The normalized spacial score (nSPS) is 41.6. The first-order chi connectivity index (χ1) is 15.9. The average Bonchev–Trinajstić information content (AvgIpc) is 3.16. The summed E-state index contributed by atoms with van der Waals surface area (Å²) in [6, 6.07) is 21.2. The number of piperidine rings is 2. The molecule has 0 bridgehead atoms. The Morgan fingerprint density at radius 1 is 0.781 bits per heavy atom. The molecule has 7 unspecified atom stereocenters. The molecule has 2 aromatic rings. The van der Waals surface area contributed by atoms with Crippen molar-refractivity contribution in [3.05, 3.63) is 66.9 Å². The predicted octanol–water partition coefficient (Wildman–Crippen LogP) is 3.83. The highest BCUT2D eigenvalue weighted by molar-refractivity contribution is 8.35. The van der Waals surface area contributed by atoms with Crippen molar-refractivity contribution in [1.29, 1.82) is 0 Å². The first-order valence-electron chi connectivity index (χ1n) is 12.5. The first-order valence-corrected chi connectivity index (χ1v) is 14.3. The summed E-state index contributed by atoms with van der Waals surface area (Å²) in [5.41, 5.74) is 2.83. The second-order valence-electron chi connectivity index (χ2n) is 10.1. The highest BCUT2D eigenvalue weighted by atomic mass is 32.3. The van der Waals surface area contributed by atoms with Crippen molar-refractivity contribution >= 4 is 21.4 Å². The number of anilines is 2. The number of nitrogens with zero attached hydrogens (tertiary/aromatic N) is 1. The van der Waals surface area contributed by atoms with Gasteiger partial charge in [-0.05, 0) is 68.2 Å². The van der Waals surface area contributed by atoms with Gasteiger partial charge in [-0.1, -0.05) is 36.4 Å². The summed E-state index contributed by atoms with van der Waals surface area (Å²) in [6.45, 7) is 5.80. The van der Waals surface area contributed by atoms with Gasteiger partial charge in [-0.3, -0.25) is 0 Å². The van der Waals surface area contributed by atoms with Crippen molar-refractivity contribution in [3.63, 3.8) is 0 Å². The van der Waals surface area contributed by atoms with Gasteiger partial charge in [0.2, 0.25) is 0 Å². The molecule has 5 heteroatoms. The van der Waals surface area contributed by atoms with E-state index in [4.69, 9.17) is 0 Å². The van der Waals surface area contributed by atoms with Crippen LogP contribution in [0.3, 0.4) is 0 Å². The second-order valence-corrected chi connectivity index (χ2v) is 13.9. The van der Waals surface area contributed by atoms with Gasteiger partial charge in [0, 0.05) is 46.0 Å². The Labute approximate surface area is 193 Å². The Hall–Kier alpha value is -1.95. The summed E-state index contributed by atoms with van der Waals surface area (Å²) >= 11 is 0. The summed E-state index contributed by atoms with van der Waals surface area (Å²) < 4.78 is 0. The Morgan fingerprint density at radius 3 is 2.53 bits per heavy atom. The standard InChI is InChI=1S/C27H34N4S/c1-2-6-19(7-3-1)31-22-8-4-5-9-24(22)32(25-12-15-28-16-23(25)31)26-17-29-13-10-20(26)21-11-14-30-18-27(21)32/h1-10,13,20-21,23,25-30H,11-12,14-18H2. The van der Waals surface area contributed by atoms with Gasteiger partial charge in [0.15, 0.2) is 0 Å². The lowest BCUT2D eigenvalue weighted by atomic mass is 9.82. The van der Waals surface area contributed by atoms with E-state index in [1.165, 1.54) is 37.3 Å². The topological polar surface area (TPSA) is 39.3 Å². The van der Waals surface area contributed by atoms with Crippen LogP contribution in [0.15, 0.2) is 71.8 Å². The summed E-state index contributed by atoms with van der Waals surface area (Å²) in [7, 11) is -1.02. The van der Waals surface area contributed by atoms with Crippen LogP contribution >= 0.6 is 10.0 Å². The number of rotatable bonds is 1. The van der Waals surface area contributed by atoms with Crippen molar-refractivity contribution in [3.8, 4) is 0 Å². The van der Waals surface area contributed by atoms with Crippen molar-refractivity contribution in [2.24, 2.45) is 11.8 Å². The monoisotopic (exact) mass is 446 g/mol. The SMILES string of the molecule is C1=CC2C3CCNCC3S3(c4ccccc4N(c4ccccc4)C4CNCCC43)C2CN1. The molecule has 0 aromatic heterocycles. The maximum absolute atomic E-state index is 3.85. The molecule has 1 spiro atoms.